The van der Waals surface area contributed by atoms with Gasteiger partial charge in [0.15, 0.2) is 5.69 Å². The zero-order valence-electron chi connectivity index (χ0n) is 18.7. The minimum atomic E-state index is -0.742. The predicted molar refractivity (Wildman–Crippen MR) is 124 cm³/mol. The maximum Gasteiger partial charge on any atom is 0.319 e. The minimum absolute atomic E-state index is 0.116. The largest absolute Gasteiger partial charge is 0.505 e. The summed E-state index contributed by atoms with van der Waals surface area (Å²) in [5.74, 6) is -0.794. The minimum Gasteiger partial charge on any atom is -0.505 e. The van der Waals surface area contributed by atoms with Crippen LogP contribution in [0.1, 0.15) is 30.5 Å². The lowest BCUT2D eigenvalue weighted by atomic mass is 9.98. The van der Waals surface area contributed by atoms with Crippen molar-refractivity contribution in [1.82, 2.24) is 14.9 Å². The summed E-state index contributed by atoms with van der Waals surface area (Å²) in [7, 11) is 1.52. The zero-order chi connectivity index (χ0) is 24.0. The van der Waals surface area contributed by atoms with E-state index in [9.17, 15) is 19.5 Å². The molecule has 0 saturated heterocycles. The lowest BCUT2D eigenvalue weighted by Crippen LogP contribution is -2.36. The molecule has 33 heavy (non-hydrogen) atoms. The number of pyridine rings is 2. The van der Waals surface area contributed by atoms with Crippen LogP contribution in [-0.4, -0.2) is 33.3 Å². The number of aromatic hydroxyl groups is 1. The molecule has 2 aromatic heterocycles. The van der Waals surface area contributed by atoms with Crippen LogP contribution in [-0.2, 0) is 16.6 Å². The average Bonchev–Trinajstić information content (AvgIpc) is 2.81. The Kier molecular flexibility index (Phi) is 7.45. The summed E-state index contributed by atoms with van der Waals surface area (Å²) >= 11 is 0. The van der Waals surface area contributed by atoms with E-state index in [1.807, 2.05) is 30.3 Å². The highest BCUT2D eigenvalue weighted by Crippen LogP contribution is 2.26. The van der Waals surface area contributed by atoms with Crippen LogP contribution in [0.4, 0.5) is 10.5 Å². The van der Waals surface area contributed by atoms with Gasteiger partial charge in [0, 0.05) is 31.2 Å². The van der Waals surface area contributed by atoms with E-state index in [0.29, 0.717) is 11.1 Å². The number of hydrogen-bond acceptors (Lipinski definition) is 6. The third kappa shape index (κ3) is 5.76. The van der Waals surface area contributed by atoms with E-state index >= 15 is 0 Å². The van der Waals surface area contributed by atoms with Gasteiger partial charge < -0.3 is 25.0 Å². The number of nitrogens with zero attached hydrogens (tertiary/aromatic N) is 2. The fourth-order valence-corrected chi connectivity index (χ4v) is 3.41. The second-order valence-electron chi connectivity index (χ2n) is 7.48. The van der Waals surface area contributed by atoms with Crippen LogP contribution in [0.25, 0.3) is 11.1 Å². The molecule has 3 aromatic rings. The second kappa shape index (κ2) is 10.4. The SMILES string of the molecule is CCOC(=O)CC(NC(=O)Nc1c(O)c(C)cn(C)c1=O)c1cccc(-c2cccnc2)c1. The molecule has 172 valence electrons. The molecule has 0 aliphatic rings. The van der Waals surface area contributed by atoms with Crippen LogP contribution in [0, 0.1) is 6.92 Å². The summed E-state index contributed by atoms with van der Waals surface area (Å²) in [6.45, 7) is 3.53. The Labute approximate surface area is 191 Å². The third-order valence-electron chi connectivity index (χ3n) is 5.04. The predicted octanol–water partition coefficient (Wildman–Crippen LogP) is 3.28. The van der Waals surface area contributed by atoms with Crippen LogP contribution >= 0.6 is 0 Å². The monoisotopic (exact) mass is 450 g/mol. The second-order valence-corrected chi connectivity index (χ2v) is 7.48. The fourth-order valence-electron chi connectivity index (χ4n) is 3.41. The van der Waals surface area contributed by atoms with Gasteiger partial charge in [-0.25, -0.2) is 4.79 Å². The molecule has 9 heteroatoms. The highest BCUT2D eigenvalue weighted by molar-refractivity contribution is 5.91. The van der Waals surface area contributed by atoms with E-state index in [1.165, 1.54) is 17.8 Å². The van der Waals surface area contributed by atoms with Crippen molar-refractivity contribution in [3.63, 3.8) is 0 Å². The number of aromatic nitrogens is 2. The third-order valence-corrected chi connectivity index (χ3v) is 5.04. The van der Waals surface area contributed by atoms with E-state index in [4.69, 9.17) is 4.74 Å². The summed E-state index contributed by atoms with van der Waals surface area (Å²) in [4.78, 5) is 41.5. The average molecular weight is 450 g/mol. The lowest BCUT2D eigenvalue weighted by molar-refractivity contribution is -0.143. The Morgan fingerprint density at radius 1 is 1.21 bits per heavy atom. The number of anilines is 1. The van der Waals surface area contributed by atoms with Crippen molar-refractivity contribution in [2.45, 2.75) is 26.3 Å². The molecule has 0 saturated carbocycles. The van der Waals surface area contributed by atoms with E-state index in [1.54, 1.807) is 32.3 Å². The molecule has 3 N–H and O–H groups in total. The van der Waals surface area contributed by atoms with Crippen molar-refractivity contribution < 1.29 is 19.4 Å². The number of ether oxygens (including phenoxy) is 1. The first-order valence-corrected chi connectivity index (χ1v) is 10.4. The molecule has 0 spiro atoms. The van der Waals surface area contributed by atoms with Crippen LogP contribution in [0.3, 0.4) is 0 Å². The highest BCUT2D eigenvalue weighted by atomic mass is 16.5. The van der Waals surface area contributed by atoms with Gasteiger partial charge >= 0.3 is 12.0 Å². The van der Waals surface area contributed by atoms with Crippen LogP contribution < -0.4 is 16.2 Å². The van der Waals surface area contributed by atoms with E-state index in [-0.39, 0.29) is 24.5 Å². The molecule has 0 radical (unpaired) electrons. The van der Waals surface area contributed by atoms with Crippen molar-refractivity contribution in [3.8, 4) is 16.9 Å². The first-order chi connectivity index (χ1) is 15.8. The Balaban J connectivity index is 1.89. The van der Waals surface area contributed by atoms with E-state index in [0.717, 1.165) is 11.1 Å². The number of nitrogens with one attached hydrogen (secondary N) is 2. The Hall–Kier alpha value is -4.14. The number of rotatable bonds is 7. The van der Waals surface area contributed by atoms with E-state index in [2.05, 4.69) is 15.6 Å². The molecule has 2 heterocycles. The van der Waals surface area contributed by atoms with Crippen molar-refractivity contribution in [1.29, 1.82) is 0 Å². The summed E-state index contributed by atoms with van der Waals surface area (Å²) in [5.41, 5.74) is 2.04. The number of carbonyl (C=O) groups is 2. The normalized spacial score (nSPS) is 11.5. The van der Waals surface area contributed by atoms with Gasteiger partial charge in [0.1, 0.15) is 5.75 Å². The fraction of sp³-hybridized carbons (Fsp3) is 0.250. The standard InChI is InChI=1S/C24H26N4O5/c1-4-33-20(29)12-19(17-8-5-7-16(11-17)18-9-6-10-25-13-18)26-24(32)27-21-22(30)15(2)14-28(3)23(21)31/h5-11,13-14,19,30H,4,12H2,1-3H3,(H2,26,27,32). The summed E-state index contributed by atoms with van der Waals surface area (Å²) in [6.07, 6.45) is 4.74. The Morgan fingerprint density at radius 3 is 2.67 bits per heavy atom. The van der Waals surface area contributed by atoms with Crippen molar-refractivity contribution in [3.05, 3.63) is 76.5 Å². The van der Waals surface area contributed by atoms with Crippen molar-refractivity contribution in [2.24, 2.45) is 7.05 Å². The molecular formula is C24H26N4O5. The number of esters is 1. The molecule has 0 aliphatic carbocycles. The van der Waals surface area contributed by atoms with Gasteiger partial charge in [0.05, 0.1) is 19.1 Å². The van der Waals surface area contributed by atoms with Crippen LogP contribution in [0.2, 0.25) is 0 Å². The number of amides is 2. The Morgan fingerprint density at radius 2 is 1.97 bits per heavy atom. The van der Waals surface area contributed by atoms with Crippen LogP contribution in [0.15, 0.2) is 59.8 Å². The van der Waals surface area contributed by atoms with E-state index < -0.39 is 23.6 Å². The summed E-state index contributed by atoms with van der Waals surface area (Å²) in [6, 6.07) is 9.60. The first-order valence-electron chi connectivity index (χ1n) is 10.4. The quantitative estimate of drug-likeness (QED) is 0.475. The maximum atomic E-state index is 12.8. The highest BCUT2D eigenvalue weighted by Gasteiger charge is 2.22. The van der Waals surface area contributed by atoms with Gasteiger partial charge in [-0.2, -0.15) is 0 Å². The van der Waals surface area contributed by atoms with Crippen molar-refractivity contribution >= 4 is 17.7 Å². The van der Waals surface area contributed by atoms with Crippen molar-refractivity contribution in [2.75, 3.05) is 11.9 Å². The first kappa shape index (κ1) is 23.5. The number of urea groups is 1. The molecule has 0 fully saturated rings. The maximum absolute atomic E-state index is 12.8. The Bertz CT molecular complexity index is 1210. The summed E-state index contributed by atoms with van der Waals surface area (Å²) in [5, 5.41) is 15.4. The van der Waals surface area contributed by atoms with Gasteiger partial charge in [-0.05, 0) is 42.7 Å². The number of aryl methyl sites for hydroxylation is 2. The van der Waals surface area contributed by atoms with Gasteiger partial charge in [-0.15, -0.1) is 0 Å². The molecule has 1 unspecified atom stereocenters. The van der Waals surface area contributed by atoms with Gasteiger partial charge in [0.2, 0.25) is 0 Å². The molecule has 0 bridgehead atoms. The van der Waals surface area contributed by atoms with Gasteiger partial charge in [-0.3, -0.25) is 14.6 Å². The molecule has 2 amide bonds. The van der Waals surface area contributed by atoms with Gasteiger partial charge in [0.25, 0.3) is 5.56 Å². The zero-order valence-corrected chi connectivity index (χ0v) is 18.7. The number of benzene rings is 1. The number of hydrogen-bond donors (Lipinski definition) is 3. The summed E-state index contributed by atoms with van der Waals surface area (Å²) < 4.78 is 6.33. The smallest absolute Gasteiger partial charge is 0.319 e. The lowest BCUT2D eigenvalue weighted by Gasteiger charge is -2.20. The van der Waals surface area contributed by atoms with Crippen LogP contribution in [0.5, 0.6) is 5.75 Å². The van der Waals surface area contributed by atoms with Gasteiger partial charge in [-0.1, -0.05) is 24.3 Å². The molecule has 1 aromatic carbocycles. The molecule has 1 atom stereocenters. The topological polar surface area (TPSA) is 123 Å². The molecule has 0 aliphatic heterocycles. The molecule has 3 rings (SSSR count). The number of carbonyl (C=O) groups excluding carboxylic acids is 2. The molecular weight excluding hydrogens is 424 g/mol. The molecule has 9 nitrogen and oxygen atoms in total.